The molecule has 4 nitrogen and oxygen atoms in total. The highest BCUT2D eigenvalue weighted by molar-refractivity contribution is 6.29. The molecule has 0 unspecified atom stereocenters. The van der Waals surface area contributed by atoms with Gasteiger partial charge in [-0.2, -0.15) is 0 Å². The summed E-state index contributed by atoms with van der Waals surface area (Å²) in [6, 6.07) is 2.81. The van der Waals surface area contributed by atoms with Crippen molar-refractivity contribution >= 4 is 17.6 Å². The second-order valence-corrected chi connectivity index (χ2v) is 3.88. The van der Waals surface area contributed by atoms with Crippen LogP contribution >= 0.6 is 11.6 Å². The van der Waals surface area contributed by atoms with Gasteiger partial charge in [-0.25, -0.2) is 9.78 Å². The molecule has 0 saturated carbocycles. The number of carboxylic acid groups (broad SMARTS) is 1. The first kappa shape index (κ1) is 11.8. The maximum absolute atomic E-state index is 10.8. The van der Waals surface area contributed by atoms with Gasteiger partial charge in [0.15, 0.2) is 0 Å². The molecule has 0 fully saturated rings. The Kier molecular flexibility index (Phi) is 3.91. The molecule has 1 aromatic heterocycles. The number of pyridine rings is 1. The molecule has 0 atom stereocenters. The van der Waals surface area contributed by atoms with Gasteiger partial charge >= 0.3 is 5.97 Å². The standard InChI is InChI=1S/C10H12ClNO3/c1-6(2)5-15-9-7(10(13)14)3-4-8(11)12-9/h3-4,6H,5H2,1-2H3,(H,13,14). The van der Waals surface area contributed by atoms with Crippen molar-refractivity contribution in [1.29, 1.82) is 0 Å². The van der Waals surface area contributed by atoms with Gasteiger partial charge in [0.05, 0.1) is 6.61 Å². The van der Waals surface area contributed by atoms with E-state index in [1.807, 2.05) is 13.8 Å². The minimum Gasteiger partial charge on any atom is -0.477 e. The van der Waals surface area contributed by atoms with Crippen LogP contribution in [0.5, 0.6) is 5.88 Å². The summed E-state index contributed by atoms with van der Waals surface area (Å²) in [4.78, 5) is 14.6. The van der Waals surface area contributed by atoms with Crippen molar-refractivity contribution in [2.24, 2.45) is 5.92 Å². The van der Waals surface area contributed by atoms with Gasteiger partial charge in [0, 0.05) is 0 Å². The van der Waals surface area contributed by atoms with E-state index in [0.717, 1.165) is 0 Å². The molecular formula is C10H12ClNO3. The highest BCUT2D eigenvalue weighted by Crippen LogP contribution is 2.19. The van der Waals surface area contributed by atoms with E-state index in [-0.39, 0.29) is 16.6 Å². The van der Waals surface area contributed by atoms with Crippen LogP contribution in [0.4, 0.5) is 0 Å². The van der Waals surface area contributed by atoms with Crippen molar-refractivity contribution in [3.05, 3.63) is 22.8 Å². The minimum atomic E-state index is -1.07. The predicted octanol–water partition coefficient (Wildman–Crippen LogP) is 2.47. The monoisotopic (exact) mass is 229 g/mol. The molecule has 0 aliphatic rings. The molecule has 0 spiro atoms. The molecule has 1 aromatic rings. The Balaban J connectivity index is 2.92. The van der Waals surface area contributed by atoms with E-state index < -0.39 is 5.97 Å². The molecule has 0 aromatic carbocycles. The third-order valence-corrected chi connectivity index (χ3v) is 1.82. The van der Waals surface area contributed by atoms with Gasteiger partial charge in [0.25, 0.3) is 0 Å². The number of carbonyl (C=O) groups is 1. The first-order chi connectivity index (χ1) is 7.00. The van der Waals surface area contributed by atoms with Crippen LogP contribution in [-0.2, 0) is 0 Å². The summed E-state index contributed by atoms with van der Waals surface area (Å²) in [6.07, 6.45) is 0. The summed E-state index contributed by atoms with van der Waals surface area (Å²) in [6.45, 7) is 4.34. The number of hydrogen-bond donors (Lipinski definition) is 1. The molecule has 0 bridgehead atoms. The van der Waals surface area contributed by atoms with E-state index in [1.165, 1.54) is 12.1 Å². The molecule has 0 amide bonds. The van der Waals surface area contributed by atoms with Gasteiger partial charge in [-0.1, -0.05) is 25.4 Å². The van der Waals surface area contributed by atoms with Crippen LogP contribution < -0.4 is 4.74 Å². The first-order valence-corrected chi connectivity index (χ1v) is 4.91. The molecule has 0 aliphatic carbocycles. The van der Waals surface area contributed by atoms with Crippen LogP contribution in [0.3, 0.4) is 0 Å². The lowest BCUT2D eigenvalue weighted by atomic mass is 10.2. The van der Waals surface area contributed by atoms with Crippen molar-refractivity contribution in [2.75, 3.05) is 6.61 Å². The SMILES string of the molecule is CC(C)COc1nc(Cl)ccc1C(=O)O. The average molecular weight is 230 g/mol. The first-order valence-electron chi connectivity index (χ1n) is 4.53. The summed E-state index contributed by atoms with van der Waals surface area (Å²) >= 11 is 5.65. The van der Waals surface area contributed by atoms with E-state index >= 15 is 0 Å². The van der Waals surface area contributed by atoms with Crippen molar-refractivity contribution < 1.29 is 14.6 Å². The molecule has 0 radical (unpaired) electrons. The lowest BCUT2D eigenvalue weighted by Crippen LogP contribution is -2.10. The van der Waals surface area contributed by atoms with Crippen LogP contribution in [0.25, 0.3) is 0 Å². The molecule has 5 heteroatoms. The number of hydrogen-bond acceptors (Lipinski definition) is 3. The molecule has 1 heterocycles. The molecule has 0 saturated heterocycles. The minimum absolute atomic E-state index is 0.0278. The van der Waals surface area contributed by atoms with Crippen molar-refractivity contribution in [3.8, 4) is 5.88 Å². The topological polar surface area (TPSA) is 59.4 Å². The predicted molar refractivity (Wildman–Crippen MR) is 56.5 cm³/mol. The molecule has 1 rings (SSSR count). The van der Waals surface area contributed by atoms with Crippen molar-refractivity contribution in [2.45, 2.75) is 13.8 Å². The van der Waals surface area contributed by atoms with Crippen LogP contribution in [0.15, 0.2) is 12.1 Å². The van der Waals surface area contributed by atoms with Crippen LogP contribution in [0.2, 0.25) is 5.15 Å². The van der Waals surface area contributed by atoms with E-state index in [0.29, 0.717) is 12.5 Å². The lowest BCUT2D eigenvalue weighted by Gasteiger charge is -2.09. The number of carboxylic acids is 1. The maximum Gasteiger partial charge on any atom is 0.341 e. The van der Waals surface area contributed by atoms with Crippen LogP contribution in [0.1, 0.15) is 24.2 Å². The number of halogens is 1. The summed E-state index contributed by atoms with van der Waals surface area (Å²) in [5.41, 5.74) is 0.0278. The Hall–Kier alpha value is -1.29. The van der Waals surface area contributed by atoms with Gasteiger partial charge < -0.3 is 9.84 Å². The number of rotatable bonds is 4. The van der Waals surface area contributed by atoms with Crippen LogP contribution in [0, 0.1) is 5.92 Å². The average Bonchev–Trinajstić information content (AvgIpc) is 2.14. The second-order valence-electron chi connectivity index (χ2n) is 3.50. The zero-order valence-electron chi connectivity index (χ0n) is 8.53. The van der Waals surface area contributed by atoms with Gasteiger partial charge in [-0.3, -0.25) is 0 Å². The maximum atomic E-state index is 10.8. The lowest BCUT2D eigenvalue weighted by molar-refractivity contribution is 0.0690. The van der Waals surface area contributed by atoms with Crippen LogP contribution in [-0.4, -0.2) is 22.7 Å². The fourth-order valence-corrected chi connectivity index (χ4v) is 1.08. The highest BCUT2D eigenvalue weighted by Gasteiger charge is 2.13. The van der Waals surface area contributed by atoms with Crippen molar-refractivity contribution in [1.82, 2.24) is 4.98 Å². The second kappa shape index (κ2) is 4.98. The molecule has 15 heavy (non-hydrogen) atoms. The van der Waals surface area contributed by atoms with Gasteiger partial charge in [0.2, 0.25) is 5.88 Å². The van der Waals surface area contributed by atoms with E-state index in [2.05, 4.69) is 4.98 Å². The fourth-order valence-electron chi connectivity index (χ4n) is 0.936. The van der Waals surface area contributed by atoms with Crippen molar-refractivity contribution in [3.63, 3.8) is 0 Å². The molecule has 1 N–H and O–H groups in total. The number of ether oxygens (including phenoxy) is 1. The number of aromatic nitrogens is 1. The molecule has 82 valence electrons. The Bertz CT molecular complexity index is 366. The van der Waals surface area contributed by atoms with Gasteiger partial charge in [-0.05, 0) is 18.1 Å². The quantitative estimate of drug-likeness (QED) is 0.806. The normalized spacial score (nSPS) is 10.4. The summed E-state index contributed by atoms with van der Waals surface area (Å²) in [5, 5.41) is 9.08. The van der Waals surface area contributed by atoms with Gasteiger partial charge in [-0.15, -0.1) is 0 Å². The summed E-state index contributed by atoms with van der Waals surface area (Å²) in [5.74, 6) is -0.700. The number of nitrogens with zero attached hydrogens (tertiary/aromatic N) is 1. The smallest absolute Gasteiger partial charge is 0.341 e. The van der Waals surface area contributed by atoms with E-state index in [9.17, 15) is 4.79 Å². The summed E-state index contributed by atoms with van der Waals surface area (Å²) < 4.78 is 5.26. The summed E-state index contributed by atoms with van der Waals surface area (Å²) in [7, 11) is 0. The molecule has 0 aliphatic heterocycles. The third kappa shape index (κ3) is 3.40. The largest absolute Gasteiger partial charge is 0.477 e. The Labute approximate surface area is 92.8 Å². The van der Waals surface area contributed by atoms with Gasteiger partial charge in [0.1, 0.15) is 10.7 Å². The van der Waals surface area contributed by atoms with E-state index in [4.69, 9.17) is 21.4 Å². The Morgan fingerprint density at radius 1 is 1.60 bits per heavy atom. The van der Waals surface area contributed by atoms with E-state index in [1.54, 1.807) is 0 Å². The zero-order chi connectivity index (χ0) is 11.4. The Morgan fingerprint density at radius 2 is 2.27 bits per heavy atom. The highest BCUT2D eigenvalue weighted by atomic mass is 35.5. The Morgan fingerprint density at radius 3 is 2.80 bits per heavy atom. The zero-order valence-corrected chi connectivity index (χ0v) is 9.28. The fraction of sp³-hybridized carbons (Fsp3) is 0.400. The molecular weight excluding hydrogens is 218 g/mol. The number of aromatic carboxylic acids is 1. The third-order valence-electron chi connectivity index (χ3n) is 1.61.